The predicted molar refractivity (Wildman–Crippen MR) is 90.1 cm³/mol. The first-order valence-corrected chi connectivity index (χ1v) is 8.80. The van der Waals surface area contributed by atoms with E-state index in [1.807, 2.05) is 6.92 Å². The van der Waals surface area contributed by atoms with Crippen LogP contribution in [0.25, 0.3) is 0 Å². The quantitative estimate of drug-likeness (QED) is 0.521. The maximum Gasteiger partial charge on any atom is 0.162 e. The summed E-state index contributed by atoms with van der Waals surface area (Å²) in [6.07, 6.45) is 5.27. The highest BCUT2D eigenvalue weighted by molar-refractivity contribution is 14.1. The zero-order chi connectivity index (χ0) is 14.8. The third-order valence-electron chi connectivity index (χ3n) is 3.72. The highest BCUT2D eigenvalue weighted by Gasteiger charge is 2.40. The average molecular weight is 409 g/mol. The van der Waals surface area contributed by atoms with E-state index in [4.69, 9.17) is 21.3 Å². The first-order chi connectivity index (χ1) is 9.48. The number of ether oxygens (including phenoxy) is 1. The van der Waals surface area contributed by atoms with E-state index in [0.717, 1.165) is 34.4 Å². The molecule has 0 saturated heterocycles. The molecule has 1 aliphatic carbocycles. The van der Waals surface area contributed by atoms with Gasteiger partial charge in [-0.2, -0.15) is 0 Å². The Morgan fingerprint density at radius 1 is 1.30 bits per heavy atom. The molecule has 5 heteroatoms. The van der Waals surface area contributed by atoms with E-state index in [-0.39, 0.29) is 5.60 Å². The van der Waals surface area contributed by atoms with Gasteiger partial charge in [-0.3, -0.25) is 0 Å². The van der Waals surface area contributed by atoms with E-state index >= 15 is 0 Å². The van der Waals surface area contributed by atoms with Crippen LogP contribution in [0, 0.1) is 9.49 Å². The molecule has 0 unspecified atom stereocenters. The minimum Gasteiger partial charge on any atom is -0.367 e. The lowest BCUT2D eigenvalue weighted by Gasteiger charge is -2.28. The van der Waals surface area contributed by atoms with Crippen LogP contribution < -0.4 is 0 Å². The summed E-state index contributed by atoms with van der Waals surface area (Å²) in [5, 5.41) is 0.567. The fraction of sp³-hybridized carbons (Fsp3) is 0.733. The van der Waals surface area contributed by atoms with Gasteiger partial charge in [0.25, 0.3) is 0 Å². The minimum atomic E-state index is -0.311. The molecule has 0 atom stereocenters. The molecule has 1 heterocycles. The zero-order valence-corrected chi connectivity index (χ0v) is 15.3. The topological polar surface area (TPSA) is 35.0 Å². The number of aromatic nitrogens is 2. The molecule has 1 aromatic rings. The molecule has 112 valence electrons. The Morgan fingerprint density at radius 3 is 2.50 bits per heavy atom. The SMILES string of the molecule is CCOC1(c2nc(Cl)c(I)c(CC(C)C)n2)CCCC1. The van der Waals surface area contributed by atoms with Crippen LogP contribution in [0.2, 0.25) is 5.15 Å². The van der Waals surface area contributed by atoms with Gasteiger partial charge in [0.1, 0.15) is 10.8 Å². The van der Waals surface area contributed by atoms with Gasteiger partial charge >= 0.3 is 0 Å². The molecule has 0 aliphatic heterocycles. The van der Waals surface area contributed by atoms with Crippen LogP contribution in [0.3, 0.4) is 0 Å². The van der Waals surface area contributed by atoms with E-state index in [1.165, 1.54) is 12.8 Å². The minimum absolute atomic E-state index is 0.311. The van der Waals surface area contributed by atoms with Crippen molar-refractivity contribution in [2.75, 3.05) is 6.61 Å². The van der Waals surface area contributed by atoms with Gasteiger partial charge in [0, 0.05) is 6.61 Å². The van der Waals surface area contributed by atoms with Gasteiger partial charge in [-0.25, -0.2) is 9.97 Å². The molecule has 0 bridgehead atoms. The van der Waals surface area contributed by atoms with Crippen molar-refractivity contribution in [3.05, 3.63) is 20.2 Å². The highest BCUT2D eigenvalue weighted by atomic mass is 127. The Morgan fingerprint density at radius 2 is 1.95 bits per heavy atom. The Balaban J connectivity index is 2.42. The fourth-order valence-electron chi connectivity index (χ4n) is 2.84. The molecule has 1 aromatic heterocycles. The summed E-state index contributed by atoms with van der Waals surface area (Å²) in [5.41, 5.74) is 0.746. The van der Waals surface area contributed by atoms with Crippen molar-refractivity contribution in [2.24, 2.45) is 5.92 Å². The molecule has 3 nitrogen and oxygen atoms in total. The monoisotopic (exact) mass is 408 g/mol. The van der Waals surface area contributed by atoms with Gasteiger partial charge in [-0.05, 0) is 67.5 Å². The number of halogens is 2. The summed E-state index contributed by atoms with van der Waals surface area (Å²) in [5.74, 6) is 1.34. The van der Waals surface area contributed by atoms with Gasteiger partial charge in [0.05, 0.1) is 9.26 Å². The largest absolute Gasteiger partial charge is 0.367 e. The first kappa shape index (κ1) is 16.4. The number of rotatable bonds is 5. The van der Waals surface area contributed by atoms with Crippen molar-refractivity contribution in [2.45, 2.75) is 58.5 Å². The lowest BCUT2D eigenvalue weighted by molar-refractivity contribution is -0.0458. The molecule has 0 aromatic carbocycles. The second-order valence-corrected chi connectivity index (χ2v) is 7.27. The number of hydrogen-bond donors (Lipinski definition) is 0. The number of hydrogen-bond acceptors (Lipinski definition) is 3. The third-order valence-corrected chi connectivity index (χ3v) is 5.45. The van der Waals surface area contributed by atoms with Gasteiger partial charge < -0.3 is 4.74 Å². The standard InChI is InChI=1S/C15H22ClIN2O/c1-4-20-15(7-5-6-8-15)14-18-11(9-10(2)3)12(17)13(16)19-14/h10H,4-9H2,1-3H3. The first-order valence-electron chi connectivity index (χ1n) is 7.35. The van der Waals surface area contributed by atoms with Gasteiger partial charge in [0.2, 0.25) is 0 Å². The lowest BCUT2D eigenvalue weighted by atomic mass is 10.00. The average Bonchev–Trinajstić information content (AvgIpc) is 2.84. The van der Waals surface area contributed by atoms with Crippen molar-refractivity contribution in [3.63, 3.8) is 0 Å². The zero-order valence-electron chi connectivity index (χ0n) is 12.4. The van der Waals surface area contributed by atoms with E-state index in [2.05, 4.69) is 41.4 Å². The van der Waals surface area contributed by atoms with E-state index in [1.54, 1.807) is 0 Å². The highest BCUT2D eigenvalue weighted by Crippen LogP contribution is 2.41. The lowest BCUT2D eigenvalue weighted by Crippen LogP contribution is -2.30. The van der Waals surface area contributed by atoms with Crippen LogP contribution in [0.4, 0.5) is 0 Å². The van der Waals surface area contributed by atoms with E-state index < -0.39 is 0 Å². The van der Waals surface area contributed by atoms with Crippen molar-refractivity contribution in [1.82, 2.24) is 9.97 Å². The molecule has 0 spiro atoms. The van der Waals surface area contributed by atoms with Gasteiger partial charge in [-0.15, -0.1) is 0 Å². The van der Waals surface area contributed by atoms with Crippen molar-refractivity contribution in [3.8, 4) is 0 Å². The Bertz CT molecular complexity index is 473. The molecular weight excluding hydrogens is 387 g/mol. The summed E-state index contributed by atoms with van der Waals surface area (Å²) < 4.78 is 7.02. The molecule has 0 amide bonds. The predicted octanol–water partition coefficient (Wildman–Crippen LogP) is 4.74. The normalized spacial score (nSPS) is 17.9. The smallest absolute Gasteiger partial charge is 0.162 e. The van der Waals surface area contributed by atoms with Crippen molar-refractivity contribution < 1.29 is 4.74 Å². The van der Waals surface area contributed by atoms with Gasteiger partial charge in [0.15, 0.2) is 5.82 Å². The summed E-state index contributed by atoms with van der Waals surface area (Å²) in [4.78, 5) is 9.35. The molecule has 1 aliphatic rings. The summed E-state index contributed by atoms with van der Waals surface area (Å²) >= 11 is 8.58. The molecule has 1 fully saturated rings. The van der Waals surface area contributed by atoms with Gasteiger partial charge in [-0.1, -0.05) is 25.4 Å². The molecule has 20 heavy (non-hydrogen) atoms. The molecular formula is C15H22ClIN2O. The molecule has 1 saturated carbocycles. The maximum atomic E-state index is 6.33. The fourth-order valence-corrected chi connectivity index (χ4v) is 3.49. The van der Waals surface area contributed by atoms with Crippen LogP contribution in [0.5, 0.6) is 0 Å². The number of nitrogens with zero attached hydrogens (tertiary/aromatic N) is 2. The second kappa shape index (κ2) is 6.88. The van der Waals surface area contributed by atoms with Crippen LogP contribution in [-0.4, -0.2) is 16.6 Å². The summed E-state index contributed by atoms with van der Waals surface area (Å²) in [6, 6.07) is 0. The van der Waals surface area contributed by atoms with Crippen molar-refractivity contribution in [1.29, 1.82) is 0 Å². The van der Waals surface area contributed by atoms with Crippen LogP contribution in [0.15, 0.2) is 0 Å². The summed E-state index contributed by atoms with van der Waals surface area (Å²) in [6.45, 7) is 7.11. The third kappa shape index (κ3) is 3.45. The Kier molecular flexibility index (Phi) is 5.65. The summed E-state index contributed by atoms with van der Waals surface area (Å²) in [7, 11) is 0. The van der Waals surface area contributed by atoms with Crippen LogP contribution >= 0.6 is 34.2 Å². The van der Waals surface area contributed by atoms with Crippen LogP contribution in [0.1, 0.15) is 58.0 Å². The second-order valence-electron chi connectivity index (χ2n) is 5.83. The molecule has 0 N–H and O–H groups in total. The van der Waals surface area contributed by atoms with Crippen molar-refractivity contribution >= 4 is 34.2 Å². The maximum absolute atomic E-state index is 6.33. The Labute approximate surface area is 140 Å². The molecule has 2 rings (SSSR count). The Hall–Kier alpha value is 0.0600. The van der Waals surface area contributed by atoms with Crippen LogP contribution in [-0.2, 0) is 16.8 Å². The van der Waals surface area contributed by atoms with E-state index in [0.29, 0.717) is 17.7 Å². The molecule has 0 radical (unpaired) electrons. The van der Waals surface area contributed by atoms with E-state index in [9.17, 15) is 0 Å².